The molecule has 1 aromatic rings. The summed E-state index contributed by atoms with van der Waals surface area (Å²) in [7, 11) is 0. The molecule has 2 nitrogen and oxygen atoms in total. The van der Waals surface area contributed by atoms with Crippen LogP contribution in [0.5, 0.6) is 0 Å². The van der Waals surface area contributed by atoms with Gasteiger partial charge in [0, 0.05) is 6.04 Å². The molecule has 1 unspecified atom stereocenters. The Morgan fingerprint density at radius 3 is 2.44 bits per heavy atom. The van der Waals surface area contributed by atoms with Gasteiger partial charge in [-0.25, -0.2) is 0 Å². The standard InChI is InChI=1S/C14H22N2/c1-10-4-3-5-11(2)14(10)9-13(16-15)8-12-6-7-12/h3-5,12-13,16H,6-9,15H2,1-2H3. The van der Waals surface area contributed by atoms with Crippen molar-refractivity contribution in [3.8, 4) is 0 Å². The number of hydrogen-bond donors (Lipinski definition) is 2. The lowest BCUT2D eigenvalue weighted by atomic mass is 9.94. The maximum atomic E-state index is 5.65. The Balaban J connectivity index is 2.05. The Hall–Kier alpha value is -0.860. The van der Waals surface area contributed by atoms with Crippen molar-refractivity contribution >= 4 is 0 Å². The van der Waals surface area contributed by atoms with E-state index in [4.69, 9.17) is 5.84 Å². The van der Waals surface area contributed by atoms with Crippen molar-refractivity contribution in [2.75, 3.05) is 0 Å². The lowest BCUT2D eigenvalue weighted by Crippen LogP contribution is -2.37. The first-order chi connectivity index (χ1) is 7.70. The first-order valence-electron chi connectivity index (χ1n) is 6.22. The predicted molar refractivity (Wildman–Crippen MR) is 68.1 cm³/mol. The van der Waals surface area contributed by atoms with Crippen molar-refractivity contribution < 1.29 is 0 Å². The number of hydrazine groups is 1. The quantitative estimate of drug-likeness (QED) is 0.588. The summed E-state index contributed by atoms with van der Waals surface area (Å²) >= 11 is 0. The summed E-state index contributed by atoms with van der Waals surface area (Å²) in [5, 5.41) is 0. The Bertz CT molecular complexity index is 336. The van der Waals surface area contributed by atoms with Crippen molar-refractivity contribution in [3.63, 3.8) is 0 Å². The van der Waals surface area contributed by atoms with Gasteiger partial charge < -0.3 is 0 Å². The first-order valence-corrected chi connectivity index (χ1v) is 6.22. The van der Waals surface area contributed by atoms with E-state index in [0.717, 1.165) is 12.3 Å². The molecule has 16 heavy (non-hydrogen) atoms. The van der Waals surface area contributed by atoms with Gasteiger partial charge in [0.05, 0.1) is 0 Å². The molecule has 1 atom stereocenters. The van der Waals surface area contributed by atoms with E-state index in [2.05, 4.69) is 37.5 Å². The van der Waals surface area contributed by atoms with Gasteiger partial charge in [-0.15, -0.1) is 0 Å². The van der Waals surface area contributed by atoms with Crippen LogP contribution >= 0.6 is 0 Å². The molecule has 0 spiro atoms. The number of nitrogens with two attached hydrogens (primary N) is 1. The summed E-state index contributed by atoms with van der Waals surface area (Å²) in [6.07, 6.45) is 5.08. The normalized spacial score (nSPS) is 17.4. The lowest BCUT2D eigenvalue weighted by Gasteiger charge is -2.18. The third-order valence-electron chi connectivity index (χ3n) is 3.65. The van der Waals surface area contributed by atoms with E-state index in [9.17, 15) is 0 Å². The molecule has 0 bridgehead atoms. The van der Waals surface area contributed by atoms with Gasteiger partial charge in [0.2, 0.25) is 0 Å². The maximum absolute atomic E-state index is 5.65. The smallest absolute Gasteiger partial charge is 0.0253 e. The van der Waals surface area contributed by atoms with Gasteiger partial charge in [-0.2, -0.15) is 0 Å². The molecule has 0 aromatic heterocycles. The fourth-order valence-electron chi connectivity index (χ4n) is 2.38. The molecule has 0 amide bonds. The van der Waals surface area contributed by atoms with Crippen LogP contribution in [0.4, 0.5) is 0 Å². The monoisotopic (exact) mass is 218 g/mol. The molecule has 0 radical (unpaired) electrons. The highest BCUT2D eigenvalue weighted by molar-refractivity contribution is 5.34. The highest BCUT2D eigenvalue weighted by Crippen LogP contribution is 2.34. The van der Waals surface area contributed by atoms with Crippen molar-refractivity contribution in [1.29, 1.82) is 0 Å². The first kappa shape index (κ1) is 11.6. The highest BCUT2D eigenvalue weighted by atomic mass is 15.2. The van der Waals surface area contributed by atoms with Gasteiger partial charge in [0.25, 0.3) is 0 Å². The second-order valence-corrected chi connectivity index (χ2v) is 5.12. The van der Waals surface area contributed by atoms with Gasteiger partial charge in [0.1, 0.15) is 0 Å². The summed E-state index contributed by atoms with van der Waals surface area (Å²) in [5.41, 5.74) is 7.21. The Morgan fingerprint density at radius 1 is 1.31 bits per heavy atom. The van der Waals surface area contributed by atoms with Crippen LogP contribution in [0.3, 0.4) is 0 Å². The van der Waals surface area contributed by atoms with Gasteiger partial charge in [-0.1, -0.05) is 31.0 Å². The summed E-state index contributed by atoms with van der Waals surface area (Å²) in [6.45, 7) is 4.38. The number of nitrogens with one attached hydrogen (secondary N) is 1. The fraction of sp³-hybridized carbons (Fsp3) is 0.571. The van der Waals surface area contributed by atoms with Gasteiger partial charge >= 0.3 is 0 Å². The molecular weight excluding hydrogens is 196 g/mol. The average Bonchev–Trinajstić information content (AvgIpc) is 3.06. The van der Waals surface area contributed by atoms with E-state index >= 15 is 0 Å². The molecular formula is C14H22N2. The Labute approximate surface area is 98.2 Å². The van der Waals surface area contributed by atoms with E-state index in [1.165, 1.54) is 36.0 Å². The molecule has 88 valence electrons. The molecule has 0 saturated heterocycles. The zero-order valence-corrected chi connectivity index (χ0v) is 10.3. The van der Waals surface area contributed by atoms with Gasteiger partial charge in [0.15, 0.2) is 0 Å². The zero-order chi connectivity index (χ0) is 11.5. The van der Waals surface area contributed by atoms with Crippen LogP contribution in [0.2, 0.25) is 0 Å². The molecule has 2 rings (SSSR count). The SMILES string of the molecule is Cc1cccc(C)c1CC(CC1CC1)NN. The Morgan fingerprint density at radius 2 is 1.94 bits per heavy atom. The van der Waals surface area contributed by atoms with Crippen molar-refractivity contribution in [2.24, 2.45) is 11.8 Å². The van der Waals surface area contributed by atoms with Crippen molar-refractivity contribution in [3.05, 3.63) is 34.9 Å². The van der Waals surface area contributed by atoms with E-state index in [-0.39, 0.29) is 0 Å². The molecule has 1 saturated carbocycles. The minimum absolute atomic E-state index is 0.437. The maximum Gasteiger partial charge on any atom is 0.0253 e. The van der Waals surface area contributed by atoms with Crippen LogP contribution in [0.15, 0.2) is 18.2 Å². The summed E-state index contributed by atoms with van der Waals surface area (Å²) < 4.78 is 0. The molecule has 1 fully saturated rings. The molecule has 2 heteroatoms. The van der Waals surface area contributed by atoms with Crippen LogP contribution in [-0.4, -0.2) is 6.04 Å². The van der Waals surface area contributed by atoms with E-state index < -0.39 is 0 Å². The van der Waals surface area contributed by atoms with E-state index in [1.807, 2.05) is 0 Å². The predicted octanol–water partition coefficient (Wildman–Crippen LogP) is 2.48. The largest absolute Gasteiger partial charge is 0.271 e. The molecule has 3 N–H and O–H groups in total. The fourth-order valence-corrected chi connectivity index (χ4v) is 2.38. The van der Waals surface area contributed by atoms with Gasteiger partial charge in [-0.05, 0) is 49.3 Å². The van der Waals surface area contributed by atoms with E-state index in [1.54, 1.807) is 0 Å². The molecule has 1 aromatic carbocycles. The summed E-state index contributed by atoms with van der Waals surface area (Å²) in [6, 6.07) is 6.94. The molecule has 1 aliphatic carbocycles. The number of aryl methyl sites for hydroxylation is 2. The number of benzene rings is 1. The van der Waals surface area contributed by atoms with Crippen LogP contribution in [0, 0.1) is 19.8 Å². The van der Waals surface area contributed by atoms with Crippen molar-refractivity contribution in [1.82, 2.24) is 5.43 Å². The second kappa shape index (κ2) is 4.98. The highest BCUT2D eigenvalue weighted by Gasteiger charge is 2.25. The number of hydrogen-bond acceptors (Lipinski definition) is 2. The van der Waals surface area contributed by atoms with Crippen LogP contribution < -0.4 is 11.3 Å². The van der Waals surface area contributed by atoms with Crippen molar-refractivity contribution in [2.45, 2.75) is 45.6 Å². The molecule has 1 aliphatic rings. The Kier molecular flexibility index (Phi) is 3.62. The molecule has 0 aliphatic heterocycles. The third-order valence-corrected chi connectivity index (χ3v) is 3.65. The molecule has 0 heterocycles. The van der Waals surface area contributed by atoms with E-state index in [0.29, 0.717) is 6.04 Å². The minimum Gasteiger partial charge on any atom is -0.271 e. The van der Waals surface area contributed by atoms with Gasteiger partial charge in [-0.3, -0.25) is 11.3 Å². The average molecular weight is 218 g/mol. The van der Waals surface area contributed by atoms with Crippen LogP contribution in [0.25, 0.3) is 0 Å². The number of rotatable bonds is 5. The van der Waals surface area contributed by atoms with Crippen LogP contribution in [0.1, 0.15) is 36.0 Å². The minimum atomic E-state index is 0.437. The van der Waals surface area contributed by atoms with Crippen LogP contribution in [-0.2, 0) is 6.42 Å². The lowest BCUT2D eigenvalue weighted by molar-refractivity contribution is 0.464. The summed E-state index contributed by atoms with van der Waals surface area (Å²) in [4.78, 5) is 0. The topological polar surface area (TPSA) is 38.0 Å². The third kappa shape index (κ3) is 2.83. The summed E-state index contributed by atoms with van der Waals surface area (Å²) in [5.74, 6) is 6.57. The second-order valence-electron chi connectivity index (χ2n) is 5.12. The zero-order valence-electron chi connectivity index (χ0n) is 10.3.